The van der Waals surface area contributed by atoms with Crippen molar-refractivity contribution in [1.82, 2.24) is 0 Å². The summed E-state index contributed by atoms with van der Waals surface area (Å²) < 4.78 is 25.6. The Morgan fingerprint density at radius 1 is 1.16 bits per heavy atom. The molecule has 1 aliphatic rings. The molecule has 1 heterocycles. The van der Waals surface area contributed by atoms with Crippen molar-refractivity contribution >= 4 is 17.7 Å². The fraction of sp³-hybridized carbons (Fsp3) is 0.417. The van der Waals surface area contributed by atoms with Crippen molar-refractivity contribution in [3.63, 3.8) is 0 Å². The molecule has 0 N–H and O–H groups in total. The van der Waals surface area contributed by atoms with Gasteiger partial charge in [-0.25, -0.2) is 9.18 Å². The van der Waals surface area contributed by atoms with Gasteiger partial charge in [-0.2, -0.15) is 0 Å². The van der Waals surface area contributed by atoms with E-state index in [1.807, 2.05) is 39.0 Å². The summed E-state index contributed by atoms with van der Waals surface area (Å²) >= 11 is 0. The molecule has 1 amide bonds. The number of aliphatic carboxylic acids is 1. The predicted molar refractivity (Wildman–Crippen MR) is 112 cm³/mol. The van der Waals surface area contributed by atoms with E-state index in [-0.39, 0.29) is 49.0 Å². The van der Waals surface area contributed by atoms with Crippen molar-refractivity contribution in [1.29, 1.82) is 0 Å². The molecule has 32 heavy (non-hydrogen) atoms. The van der Waals surface area contributed by atoms with Crippen LogP contribution in [0.15, 0.2) is 36.4 Å². The van der Waals surface area contributed by atoms with Crippen LogP contribution in [0.1, 0.15) is 50.3 Å². The van der Waals surface area contributed by atoms with Crippen LogP contribution >= 0.6 is 0 Å². The van der Waals surface area contributed by atoms with Gasteiger partial charge in [0.15, 0.2) is 0 Å². The number of benzene rings is 2. The summed E-state index contributed by atoms with van der Waals surface area (Å²) in [6, 6.07) is 10.1. The number of aryl methyl sites for hydroxylation is 2. The van der Waals surface area contributed by atoms with Crippen LogP contribution in [0.25, 0.3) is 0 Å². The third-order valence-electron chi connectivity index (χ3n) is 4.93. The maximum atomic E-state index is 14.3. The van der Waals surface area contributed by atoms with Crippen LogP contribution in [0.2, 0.25) is 0 Å². The first-order chi connectivity index (χ1) is 14.6. The Morgan fingerprint density at radius 2 is 1.91 bits per heavy atom. The Labute approximate surface area is 210 Å². The average Bonchev–Trinajstić information content (AvgIpc) is 2.69. The van der Waals surface area contributed by atoms with Gasteiger partial charge >= 0.3 is 35.7 Å². The maximum Gasteiger partial charge on any atom is 1.00 e. The number of carboxylic acids is 1. The van der Waals surface area contributed by atoms with E-state index in [0.717, 1.165) is 29.7 Å². The van der Waals surface area contributed by atoms with Crippen molar-refractivity contribution in [2.75, 3.05) is 11.4 Å². The van der Waals surface area contributed by atoms with Gasteiger partial charge in [0.1, 0.15) is 23.8 Å². The van der Waals surface area contributed by atoms with Crippen LogP contribution in [0.4, 0.5) is 14.9 Å². The summed E-state index contributed by atoms with van der Waals surface area (Å²) in [6.07, 6.45) is 1.11. The molecule has 166 valence electrons. The van der Waals surface area contributed by atoms with Crippen LogP contribution in [-0.4, -0.2) is 24.2 Å². The Kier molecular flexibility index (Phi) is 9.13. The normalized spacial score (nSPS) is 13.1. The van der Waals surface area contributed by atoms with Gasteiger partial charge in [0.05, 0.1) is 5.69 Å². The number of nitrogens with zero attached hydrogens (tertiary/aromatic N) is 1. The molecule has 0 radical (unpaired) electrons. The minimum Gasteiger partial charge on any atom is -0.550 e. The summed E-state index contributed by atoms with van der Waals surface area (Å²) in [6.45, 7) is 6.20. The van der Waals surface area contributed by atoms with Gasteiger partial charge in [-0.3, -0.25) is 4.90 Å². The molecular weight excluding hydrogens is 424 g/mol. The van der Waals surface area contributed by atoms with Gasteiger partial charge in [0, 0.05) is 24.1 Å². The number of fused-ring (bicyclic) bond motifs is 1. The van der Waals surface area contributed by atoms with Crippen LogP contribution in [0.3, 0.4) is 0 Å². The monoisotopic (exact) mass is 451 g/mol. The number of rotatable bonds is 6. The first-order valence-electron chi connectivity index (χ1n) is 10.4. The number of carbonyl (C=O) groups excluding carboxylic acids is 2. The van der Waals surface area contributed by atoms with E-state index >= 15 is 0 Å². The van der Waals surface area contributed by atoms with Crippen molar-refractivity contribution in [3.8, 4) is 5.75 Å². The van der Waals surface area contributed by atoms with Crippen LogP contribution in [0, 0.1) is 5.82 Å². The van der Waals surface area contributed by atoms with Gasteiger partial charge in [0.2, 0.25) is 0 Å². The molecule has 0 aliphatic carbocycles. The van der Waals surface area contributed by atoms with Crippen molar-refractivity contribution in [2.24, 2.45) is 0 Å². The Balaban J connectivity index is 0.00000363. The second-order valence-electron chi connectivity index (χ2n) is 8.57. The third-order valence-corrected chi connectivity index (χ3v) is 4.93. The number of ether oxygens (including phenoxy) is 2. The summed E-state index contributed by atoms with van der Waals surface area (Å²) in [5.41, 5.74) is 2.33. The molecule has 0 unspecified atom stereocenters. The maximum absolute atomic E-state index is 14.3. The fourth-order valence-electron chi connectivity index (χ4n) is 3.57. The minimum absolute atomic E-state index is 0. The van der Waals surface area contributed by atoms with E-state index in [4.69, 9.17) is 9.47 Å². The van der Waals surface area contributed by atoms with Gasteiger partial charge in [-0.05, 0) is 63.6 Å². The SMILES string of the molecule is CC(C)(C)OC(=O)N1CCCc2cccc(COc3ccc(CCC(=O)[O-])c(F)c3)c21.[Na+]. The average molecular weight is 451 g/mol. The van der Waals surface area contributed by atoms with Gasteiger partial charge in [-0.1, -0.05) is 24.3 Å². The number of hydrogen-bond donors (Lipinski definition) is 0. The second-order valence-corrected chi connectivity index (χ2v) is 8.57. The van der Waals surface area contributed by atoms with E-state index < -0.39 is 23.5 Å². The van der Waals surface area contributed by atoms with Gasteiger partial charge in [0.25, 0.3) is 0 Å². The minimum atomic E-state index is -1.22. The fourth-order valence-corrected chi connectivity index (χ4v) is 3.57. The van der Waals surface area contributed by atoms with E-state index in [1.54, 1.807) is 11.0 Å². The molecule has 2 aromatic carbocycles. The zero-order valence-corrected chi connectivity index (χ0v) is 21.1. The van der Waals surface area contributed by atoms with Crippen LogP contribution in [-0.2, 0) is 29.0 Å². The zero-order chi connectivity index (χ0) is 22.6. The molecule has 0 aromatic heterocycles. The first kappa shape index (κ1) is 26.2. The third kappa shape index (κ3) is 6.95. The molecule has 1 aliphatic heterocycles. The summed E-state index contributed by atoms with van der Waals surface area (Å²) in [5, 5.41) is 10.6. The smallest absolute Gasteiger partial charge is 0.550 e. The summed E-state index contributed by atoms with van der Waals surface area (Å²) in [4.78, 5) is 25.0. The molecule has 0 saturated heterocycles. The Hall–Kier alpha value is -2.09. The molecule has 0 saturated carbocycles. The van der Waals surface area contributed by atoms with E-state index in [2.05, 4.69) is 0 Å². The Morgan fingerprint density at radius 3 is 2.56 bits per heavy atom. The van der Waals surface area contributed by atoms with E-state index in [1.165, 1.54) is 12.1 Å². The predicted octanol–water partition coefficient (Wildman–Crippen LogP) is 0.779. The summed E-state index contributed by atoms with van der Waals surface area (Å²) in [7, 11) is 0. The number of para-hydroxylation sites is 1. The molecule has 0 fully saturated rings. The number of amides is 1. The largest absolute Gasteiger partial charge is 1.00 e. The second kappa shape index (κ2) is 11.2. The summed E-state index contributed by atoms with van der Waals surface area (Å²) in [5.74, 6) is -1.42. The number of anilines is 1. The Bertz CT molecular complexity index is 973. The van der Waals surface area contributed by atoms with Crippen LogP contribution < -0.4 is 44.3 Å². The first-order valence-corrected chi connectivity index (χ1v) is 10.4. The van der Waals surface area contributed by atoms with Gasteiger partial charge in [-0.15, -0.1) is 0 Å². The van der Waals surface area contributed by atoms with Crippen molar-refractivity contribution in [3.05, 3.63) is 58.9 Å². The molecular formula is C24H27FNNaO5. The molecule has 0 atom stereocenters. The number of carboxylic acid groups (broad SMARTS) is 1. The topological polar surface area (TPSA) is 78.9 Å². The van der Waals surface area contributed by atoms with Crippen LogP contribution in [0.5, 0.6) is 5.75 Å². The molecule has 0 bridgehead atoms. The number of halogens is 1. The van der Waals surface area contributed by atoms with E-state index in [9.17, 15) is 19.1 Å². The number of carbonyl (C=O) groups is 2. The van der Waals surface area contributed by atoms with Crippen molar-refractivity contribution in [2.45, 2.75) is 58.7 Å². The van der Waals surface area contributed by atoms with Crippen molar-refractivity contribution < 1.29 is 58.1 Å². The zero-order valence-electron chi connectivity index (χ0n) is 19.1. The standard InChI is InChI=1S/C24H28FNO5.Na/c1-24(2,3)31-23(29)26-13-5-8-17-6-4-7-18(22(17)26)15-30-19-11-9-16(20(25)14-19)10-12-21(27)28;/h4,6-7,9,11,14H,5,8,10,12-13,15H2,1-3H3,(H,27,28);/q;+1/p-1. The molecule has 0 spiro atoms. The molecule has 8 heteroatoms. The molecule has 6 nitrogen and oxygen atoms in total. The number of hydrogen-bond acceptors (Lipinski definition) is 5. The molecule has 3 rings (SSSR count). The quantitative estimate of drug-likeness (QED) is 0.607. The molecule has 2 aromatic rings. The van der Waals surface area contributed by atoms with E-state index in [0.29, 0.717) is 17.9 Å². The van der Waals surface area contributed by atoms with Gasteiger partial charge < -0.3 is 19.4 Å².